The molecule has 0 unspecified atom stereocenters. The van der Waals surface area contributed by atoms with Crippen molar-refractivity contribution >= 4 is 17.4 Å². The molecule has 1 N–H and O–H groups in total. The number of carbonyl (C=O) groups is 2. The summed E-state index contributed by atoms with van der Waals surface area (Å²) < 4.78 is 10.7. The van der Waals surface area contributed by atoms with Crippen molar-refractivity contribution < 1.29 is 19.1 Å². The number of ether oxygens (including phenoxy) is 2. The van der Waals surface area contributed by atoms with E-state index < -0.39 is 0 Å². The van der Waals surface area contributed by atoms with Gasteiger partial charge in [0.05, 0.1) is 20.3 Å². The van der Waals surface area contributed by atoms with Gasteiger partial charge in [-0.1, -0.05) is 18.2 Å². The van der Waals surface area contributed by atoms with E-state index in [2.05, 4.69) is 25.2 Å². The largest absolute Gasteiger partial charge is 0.497 e. The molecule has 1 saturated heterocycles. The number of allylic oxidation sites excluding steroid dienone is 1. The fourth-order valence-corrected chi connectivity index (χ4v) is 4.12. The molecule has 2 aromatic carbocycles. The molecule has 4 rings (SSSR count). The molecule has 2 aliphatic rings. The van der Waals surface area contributed by atoms with Crippen molar-refractivity contribution in [2.45, 2.75) is 25.8 Å². The minimum absolute atomic E-state index is 0.0717. The Morgan fingerprint density at radius 3 is 2.58 bits per heavy atom. The van der Waals surface area contributed by atoms with Crippen LogP contribution in [0.4, 0.5) is 0 Å². The Morgan fingerprint density at radius 1 is 1.10 bits per heavy atom. The average molecular weight is 421 g/mol. The molecule has 6 heteroatoms. The third-order valence-corrected chi connectivity index (χ3v) is 5.68. The Labute approximate surface area is 182 Å². The summed E-state index contributed by atoms with van der Waals surface area (Å²) in [5, 5.41) is 3.49. The number of ketones is 1. The average Bonchev–Trinajstić information content (AvgIpc) is 2.78. The van der Waals surface area contributed by atoms with Crippen LogP contribution in [0.5, 0.6) is 5.75 Å². The molecule has 0 saturated carbocycles. The van der Waals surface area contributed by atoms with Gasteiger partial charge in [-0.2, -0.15) is 0 Å². The standard InChI is InChI=1S/C25H28N2O4/c1-25(2)16-19-7-8-20(30-3)14-21(19)22(26-25)15-23(28)17-5-4-6-18(13-17)24(29)27-9-11-31-12-10-27/h4-8,13-15,26H,9-12,16H2,1-3H3. The van der Waals surface area contributed by atoms with Gasteiger partial charge in [-0.3, -0.25) is 9.59 Å². The highest BCUT2D eigenvalue weighted by atomic mass is 16.5. The highest BCUT2D eigenvalue weighted by Crippen LogP contribution is 2.32. The smallest absolute Gasteiger partial charge is 0.254 e. The van der Waals surface area contributed by atoms with Crippen LogP contribution in [-0.2, 0) is 11.2 Å². The van der Waals surface area contributed by atoms with Crippen LogP contribution in [0.25, 0.3) is 5.70 Å². The Balaban J connectivity index is 1.64. The molecule has 0 bridgehead atoms. The molecular formula is C25H28N2O4. The topological polar surface area (TPSA) is 67.9 Å². The van der Waals surface area contributed by atoms with E-state index in [0.29, 0.717) is 37.4 Å². The van der Waals surface area contributed by atoms with Crippen LogP contribution in [0, 0.1) is 0 Å². The predicted molar refractivity (Wildman–Crippen MR) is 119 cm³/mol. The van der Waals surface area contributed by atoms with Gasteiger partial charge in [-0.15, -0.1) is 0 Å². The van der Waals surface area contributed by atoms with Gasteiger partial charge < -0.3 is 19.7 Å². The van der Waals surface area contributed by atoms with E-state index in [-0.39, 0.29) is 17.2 Å². The first-order valence-corrected chi connectivity index (χ1v) is 10.5. The van der Waals surface area contributed by atoms with E-state index >= 15 is 0 Å². The number of nitrogens with one attached hydrogen (secondary N) is 1. The number of fused-ring (bicyclic) bond motifs is 1. The molecule has 2 aromatic rings. The maximum atomic E-state index is 13.1. The number of carbonyl (C=O) groups excluding carboxylic acids is 2. The van der Waals surface area contributed by atoms with Crippen molar-refractivity contribution in [2.75, 3.05) is 33.4 Å². The maximum Gasteiger partial charge on any atom is 0.254 e. The molecule has 0 spiro atoms. The van der Waals surface area contributed by atoms with Gasteiger partial charge in [-0.05, 0) is 50.1 Å². The van der Waals surface area contributed by atoms with Gasteiger partial charge in [0.15, 0.2) is 5.78 Å². The van der Waals surface area contributed by atoms with E-state index in [0.717, 1.165) is 23.4 Å². The Bertz CT molecular complexity index is 1040. The molecule has 31 heavy (non-hydrogen) atoms. The number of morpholine rings is 1. The summed E-state index contributed by atoms with van der Waals surface area (Å²) in [7, 11) is 1.63. The van der Waals surface area contributed by atoms with Crippen molar-refractivity contribution in [1.29, 1.82) is 0 Å². The first-order valence-electron chi connectivity index (χ1n) is 10.5. The van der Waals surface area contributed by atoms with Crippen molar-refractivity contribution in [3.63, 3.8) is 0 Å². The minimum atomic E-state index is -0.179. The second kappa shape index (κ2) is 8.55. The van der Waals surface area contributed by atoms with Crippen molar-refractivity contribution in [2.24, 2.45) is 0 Å². The zero-order valence-electron chi connectivity index (χ0n) is 18.2. The Morgan fingerprint density at radius 2 is 1.84 bits per heavy atom. The van der Waals surface area contributed by atoms with Crippen LogP contribution >= 0.6 is 0 Å². The van der Waals surface area contributed by atoms with Gasteiger partial charge in [0.1, 0.15) is 5.75 Å². The van der Waals surface area contributed by atoms with E-state index in [4.69, 9.17) is 9.47 Å². The summed E-state index contributed by atoms with van der Waals surface area (Å²) in [6, 6.07) is 12.9. The van der Waals surface area contributed by atoms with Gasteiger partial charge in [0.25, 0.3) is 5.91 Å². The molecule has 0 aromatic heterocycles. The summed E-state index contributed by atoms with van der Waals surface area (Å²) in [5.41, 5.74) is 3.72. The highest BCUT2D eigenvalue weighted by molar-refractivity contribution is 6.10. The van der Waals surface area contributed by atoms with Crippen LogP contribution in [0.2, 0.25) is 0 Å². The number of amides is 1. The number of methoxy groups -OCH3 is 1. The van der Waals surface area contributed by atoms with E-state index in [1.807, 2.05) is 12.1 Å². The third kappa shape index (κ3) is 4.64. The van der Waals surface area contributed by atoms with Crippen molar-refractivity contribution in [3.05, 3.63) is 70.8 Å². The first kappa shape index (κ1) is 21.1. The molecule has 1 amide bonds. The zero-order chi connectivity index (χ0) is 22.0. The van der Waals surface area contributed by atoms with Crippen LogP contribution in [-0.4, -0.2) is 55.5 Å². The molecule has 162 valence electrons. The lowest BCUT2D eigenvalue weighted by Gasteiger charge is -2.35. The Kier molecular flexibility index (Phi) is 5.83. The summed E-state index contributed by atoms with van der Waals surface area (Å²) in [4.78, 5) is 27.7. The lowest BCUT2D eigenvalue weighted by atomic mass is 9.85. The summed E-state index contributed by atoms with van der Waals surface area (Å²) >= 11 is 0. The summed E-state index contributed by atoms with van der Waals surface area (Å²) in [6.07, 6.45) is 2.47. The highest BCUT2D eigenvalue weighted by Gasteiger charge is 2.28. The minimum Gasteiger partial charge on any atom is -0.497 e. The van der Waals surface area contributed by atoms with E-state index in [1.165, 1.54) is 5.56 Å². The number of benzene rings is 2. The van der Waals surface area contributed by atoms with Gasteiger partial charge in [0, 0.05) is 47.1 Å². The van der Waals surface area contributed by atoms with Crippen molar-refractivity contribution in [1.82, 2.24) is 10.2 Å². The second-order valence-electron chi connectivity index (χ2n) is 8.62. The quantitative estimate of drug-likeness (QED) is 0.607. The van der Waals surface area contributed by atoms with Crippen LogP contribution in [0.1, 0.15) is 45.7 Å². The normalized spacial score (nSPS) is 18.8. The van der Waals surface area contributed by atoms with Crippen LogP contribution in [0.15, 0.2) is 48.5 Å². The molecule has 0 aliphatic carbocycles. The van der Waals surface area contributed by atoms with Crippen molar-refractivity contribution in [3.8, 4) is 5.75 Å². The molecule has 1 fully saturated rings. The maximum absolute atomic E-state index is 13.1. The molecular weight excluding hydrogens is 392 g/mol. The Hall–Kier alpha value is -3.12. The molecule has 2 aliphatic heterocycles. The predicted octanol–water partition coefficient (Wildman–Crippen LogP) is 3.32. The third-order valence-electron chi connectivity index (χ3n) is 5.68. The van der Waals surface area contributed by atoms with Gasteiger partial charge in [-0.25, -0.2) is 0 Å². The van der Waals surface area contributed by atoms with Gasteiger partial charge in [0.2, 0.25) is 0 Å². The fraction of sp³-hybridized carbons (Fsp3) is 0.360. The van der Waals surface area contributed by atoms with E-state index in [9.17, 15) is 9.59 Å². The zero-order valence-corrected chi connectivity index (χ0v) is 18.2. The van der Waals surface area contributed by atoms with Gasteiger partial charge >= 0.3 is 0 Å². The summed E-state index contributed by atoms with van der Waals surface area (Å²) in [6.45, 7) is 6.44. The monoisotopic (exact) mass is 420 g/mol. The number of hydrogen-bond donors (Lipinski definition) is 1. The molecule has 0 radical (unpaired) electrons. The second-order valence-corrected chi connectivity index (χ2v) is 8.62. The molecule has 6 nitrogen and oxygen atoms in total. The SMILES string of the molecule is COc1ccc2c(c1)C(=CC(=O)c1cccc(C(=O)N3CCOCC3)c1)NC(C)(C)C2. The van der Waals surface area contributed by atoms with Crippen LogP contribution < -0.4 is 10.1 Å². The number of hydrogen-bond acceptors (Lipinski definition) is 5. The fourth-order valence-electron chi connectivity index (χ4n) is 4.12. The first-order chi connectivity index (χ1) is 14.9. The van der Waals surface area contributed by atoms with E-state index in [1.54, 1.807) is 42.4 Å². The van der Waals surface area contributed by atoms with Crippen LogP contribution in [0.3, 0.4) is 0 Å². The summed E-state index contributed by atoms with van der Waals surface area (Å²) in [5.74, 6) is 0.528. The number of nitrogens with zero attached hydrogens (tertiary/aromatic N) is 1. The molecule has 0 atom stereocenters. The number of rotatable bonds is 4. The molecule has 2 heterocycles. The lowest BCUT2D eigenvalue weighted by Crippen LogP contribution is -2.43. The lowest BCUT2D eigenvalue weighted by molar-refractivity contribution is 0.0303.